The van der Waals surface area contributed by atoms with Gasteiger partial charge in [0.15, 0.2) is 0 Å². The van der Waals surface area contributed by atoms with Gasteiger partial charge in [-0.05, 0) is 30.1 Å². The van der Waals surface area contributed by atoms with Gasteiger partial charge in [0.1, 0.15) is 0 Å². The third-order valence-corrected chi connectivity index (χ3v) is 4.14. The fourth-order valence-corrected chi connectivity index (χ4v) is 2.63. The molecule has 1 aliphatic carbocycles. The number of rotatable bonds is 3. The van der Waals surface area contributed by atoms with E-state index in [1.165, 1.54) is 19.3 Å². The van der Waals surface area contributed by atoms with Crippen molar-refractivity contribution in [3.63, 3.8) is 0 Å². The third kappa shape index (κ3) is 1.52. The van der Waals surface area contributed by atoms with Crippen LogP contribution in [0.15, 0.2) is 0 Å². The van der Waals surface area contributed by atoms with Gasteiger partial charge in [0.05, 0.1) is 0 Å². The fraction of sp³-hybridized carbons (Fsp3) is 1.00. The minimum absolute atomic E-state index is 0.538. The number of hydrogen-bond donors (Lipinski definition) is 0. The molecule has 1 aliphatic rings. The molecule has 0 bridgehead atoms. The van der Waals surface area contributed by atoms with Crippen LogP contribution in [0.2, 0.25) is 0 Å². The summed E-state index contributed by atoms with van der Waals surface area (Å²) in [7, 11) is 1.82. The van der Waals surface area contributed by atoms with E-state index < -0.39 is 0 Å². The molecule has 0 heterocycles. The molecule has 1 heteroatoms. The van der Waals surface area contributed by atoms with E-state index in [2.05, 4.69) is 20.8 Å². The Kier molecular flexibility index (Phi) is 3.16. The van der Waals surface area contributed by atoms with Crippen molar-refractivity contribution in [3.05, 3.63) is 0 Å². The molecule has 72 valence electrons. The first-order valence-electron chi connectivity index (χ1n) is 5.14. The van der Waals surface area contributed by atoms with Crippen LogP contribution in [0.1, 0.15) is 40.0 Å². The van der Waals surface area contributed by atoms with Crippen LogP contribution >= 0.6 is 0 Å². The zero-order valence-corrected chi connectivity index (χ0v) is 8.89. The van der Waals surface area contributed by atoms with Crippen LogP contribution in [-0.2, 0) is 4.74 Å². The van der Waals surface area contributed by atoms with Gasteiger partial charge in [-0.1, -0.05) is 27.2 Å². The van der Waals surface area contributed by atoms with Crippen molar-refractivity contribution in [2.75, 3.05) is 13.7 Å². The summed E-state index contributed by atoms with van der Waals surface area (Å²) in [5, 5.41) is 0. The lowest BCUT2D eigenvalue weighted by molar-refractivity contribution is 0.0698. The maximum atomic E-state index is 5.27. The number of hydrogen-bond acceptors (Lipinski definition) is 1. The van der Waals surface area contributed by atoms with E-state index in [1.807, 2.05) is 7.11 Å². The van der Waals surface area contributed by atoms with Crippen molar-refractivity contribution in [2.24, 2.45) is 17.3 Å². The van der Waals surface area contributed by atoms with Crippen LogP contribution in [0.25, 0.3) is 0 Å². The summed E-state index contributed by atoms with van der Waals surface area (Å²) in [4.78, 5) is 0. The van der Waals surface area contributed by atoms with Crippen molar-refractivity contribution in [2.45, 2.75) is 40.0 Å². The first-order chi connectivity index (χ1) is 5.65. The van der Waals surface area contributed by atoms with Crippen LogP contribution in [0, 0.1) is 17.3 Å². The van der Waals surface area contributed by atoms with E-state index in [-0.39, 0.29) is 0 Å². The molecule has 0 aromatic carbocycles. The molecule has 0 N–H and O–H groups in total. The molecule has 0 saturated heterocycles. The average Bonchev–Trinajstić information content (AvgIpc) is 2.34. The summed E-state index contributed by atoms with van der Waals surface area (Å²) in [6, 6.07) is 0. The highest BCUT2D eigenvalue weighted by Crippen LogP contribution is 2.49. The molecule has 1 rings (SSSR count). The molecule has 0 spiro atoms. The lowest BCUT2D eigenvalue weighted by Gasteiger charge is -2.34. The smallest absolute Gasteiger partial charge is 0.0495 e. The van der Waals surface area contributed by atoms with E-state index in [9.17, 15) is 0 Å². The van der Waals surface area contributed by atoms with E-state index in [1.54, 1.807) is 0 Å². The normalized spacial score (nSPS) is 42.0. The summed E-state index contributed by atoms with van der Waals surface area (Å²) in [5.74, 6) is 1.67. The summed E-state index contributed by atoms with van der Waals surface area (Å²) < 4.78 is 5.27. The first kappa shape index (κ1) is 10.0. The average molecular weight is 170 g/mol. The molecule has 1 nitrogen and oxygen atoms in total. The van der Waals surface area contributed by atoms with E-state index in [0.717, 1.165) is 18.4 Å². The zero-order valence-electron chi connectivity index (χ0n) is 8.89. The molecule has 12 heavy (non-hydrogen) atoms. The van der Waals surface area contributed by atoms with Gasteiger partial charge >= 0.3 is 0 Å². The van der Waals surface area contributed by atoms with E-state index >= 15 is 0 Å². The maximum absolute atomic E-state index is 5.27. The predicted octanol–water partition coefficient (Wildman–Crippen LogP) is 3.10. The molecule has 0 radical (unpaired) electrons. The second kappa shape index (κ2) is 3.78. The topological polar surface area (TPSA) is 9.23 Å². The van der Waals surface area contributed by atoms with Crippen LogP contribution in [-0.4, -0.2) is 13.7 Å². The monoisotopic (exact) mass is 170 g/mol. The van der Waals surface area contributed by atoms with Crippen LogP contribution < -0.4 is 0 Å². The van der Waals surface area contributed by atoms with Crippen LogP contribution in [0.5, 0.6) is 0 Å². The second-order valence-electron chi connectivity index (χ2n) is 4.49. The summed E-state index contributed by atoms with van der Waals surface area (Å²) in [6.07, 6.45) is 4.04. The largest absolute Gasteiger partial charge is 0.384 e. The number of methoxy groups -OCH3 is 1. The van der Waals surface area contributed by atoms with Crippen LogP contribution in [0.4, 0.5) is 0 Å². The van der Waals surface area contributed by atoms with Gasteiger partial charge in [0.2, 0.25) is 0 Å². The second-order valence-corrected chi connectivity index (χ2v) is 4.49. The van der Waals surface area contributed by atoms with Gasteiger partial charge in [-0.15, -0.1) is 0 Å². The Morgan fingerprint density at radius 2 is 2.08 bits per heavy atom. The Morgan fingerprint density at radius 1 is 1.42 bits per heavy atom. The minimum atomic E-state index is 0.538. The van der Waals surface area contributed by atoms with Gasteiger partial charge in [0, 0.05) is 13.7 Å². The fourth-order valence-electron chi connectivity index (χ4n) is 2.63. The molecule has 0 aromatic heterocycles. The molecule has 3 unspecified atom stereocenters. The third-order valence-electron chi connectivity index (χ3n) is 4.14. The highest BCUT2D eigenvalue weighted by molar-refractivity contribution is 4.91. The highest BCUT2D eigenvalue weighted by Gasteiger charge is 2.42. The van der Waals surface area contributed by atoms with Crippen molar-refractivity contribution in [1.82, 2.24) is 0 Å². The Bertz CT molecular complexity index is 142. The van der Waals surface area contributed by atoms with Crippen molar-refractivity contribution in [3.8, 4) is 0 Å². The molecule has 0 aromatic rings. The Hall–Kier alpha value is -0.0400. The van der Waals surface area contributed by atoms with E-state index in [4.69, 9.17) is 4.74 Å². The van der Waals surface area contributed by atoms with Gasteiger partial charge in [-0.2, -0.15) is 0 Å². The molecular formula is C11H22O. The minimum Gasteiger partial charge on any atom is -0.384 e. The number of ether oxygens (including phenoxy) is 1. The molecular weight excluding hydrogens is 148 g/mol. The SMILES string of the molecule is CCC1(C)C(C)CCC1COC. The Morgan fingerprint density at radius 3 is 2.58 bits per heavy atom. The van der Waals surface area contributed by atoms with Crippen molar-refractivity contribution < 1.29 is 4.74 Å². The van der Waals surface area contributed by atoms with Gasteiger partial charge in [-0.25, -0.2) is 0 Å². The first-order valence-corrected chi connectivity index (χ1v) is 5.14. The van der Waals surface area contributed by atoms with Gasteiger partial charge < -0.3 is 4.74 Å². The standard InChI is InChI=1S/C11H22O/c1-5-11(3)9(2)6-7-10(11)8-12-4/h9-10H,5-8H2,1-4H3. The summed E-state index contributed by atoms with van der Waals surface area (Å²) in [6.45, 7) is 8.08. The highest BCUT2D eigenvalue weighted by atomic mass is 16.5. The van der Waals surface area contributed by atoms with Crippen molar-refractivity contribution >= 4 is 0 Å². The zero-order chi connectivity index (χ0) is 9.19. The maximum Gasteiger partial charge on any atom is 0.0495 e. The quantitative estimate of drug-likeness (QED) is 0.632. The summed E-state index contributed by atoms with van der Waals surface area (Å²) >= 11 is 0. The molecule has 0 amide bonds. The Labute approximate surface area is 76.5 Å². The molecule has 3 atom stereocenters. The van der Waals surface area contributed by atoms with Gasteiger partial charge in [0.25, 0.3) is 0 Å². The lowest BCUT2D eigenvalue weighted by Crippen LogP contribution is -2.29. The lowest BCUT2D eigenvalue weighted by atomic mass is 9.73. The Balaban J connectivity index is 2.63. The predicted molar refractivity (Wildman–Crippen MR) is 52.2 cm³/mol. The summed E-state index contributed by atoms with van der Waals surface area (Å²) in [5.41, 5.74) is 0.538. The van der Waals surface area contributed by atoms with Crippen molar-refractivity contribution in [1.29, 1.82) is 0 Å². The molecule has 1 fully saturated rings. The molecule has 1 saturated carbocycles. The van der Waals surface area contributed by atoms with Gasteiger partial charge in [-0.3, -0.25) is 0 Å². The molecule has 0 aliphatic heterocycles. The van der Waals surface area contributed by atoms with E-state index in [0.29, 0.717) is 5.41 Å². The van der Waals surface area contributed by atoms with Crippen LogP contribution in [0.3, 0.4) is 0 Å².